The largest absolute Gasteiger partial charge is 0.0763 e. The van der Waals surface area contributed by atoms with E-state index in [0.717, 1.165) is 0 Å². The molecular weight excluding hydrogens is 184 g/mol. The summed E-state index contributed by atoms with van der Waals surface area (Å²) in [5, 5.41) is 0. The topological polar surface area (TPSA) is 0 Å². The summed E-state index contributed by atoms with van der Waals surface area (Å²) in [5.74, 6) is 0. The first-order valence-electron chi connectivity index (χ1n) is 4.60. The van der Waals surface area contributed by atoms with E-state index in [4.69, 9.17) is 0 Å². The Balaban J connectivity index is 4.02. The Hall–Kier alpha value is 0.868. The molecule has 0 heterocycles. The molecule has 0 spiro atoms. The van der Waals surface area contributed by atoms with Crippen LogP contribution in [0.15, 0.2) is 0 Å². The molecule has 0 bridgehead atoms. The van der Waals surface area contributed by atoms with Crippen LogP contribution in [0.1, 0.15) is 13.8 Å². The zero-order chi connectivity index (χ0) is 8.20. The second kappa shape index (κ2) is 4.69. The van der Waals surface area contributed by atoms with Crippen molar-refractivity contribution in [3.8, 4) is 0 Å². The molecule has 0 aliphatic rings. The highest BCUT2D eigenvalue weighted by Gasteiger charge is 2.28. The second-order valence-corrected chi connectivity index (χ2v) is 34.1. The van der Waals surface area contributed by atoms with Gasteiger partial charge in [0.25, 0.3) is 0 Å². The van der Waals surface area contributed by atoms with Gasteiger partial charge in [-0.2, -0.15) is 0 Å². The molecule has 0 amide bonds. The average molecular weight is 207 g/mol. The van der Waals surface area contributed by atoms with Crippen LogP contribution in [0.25, 0.3) is 0 Å². The van der Waals surface area contributed by atoms with Crippen molar-refractivity contribution in [3.05, 3.63) is 0 Å². The van der Waals surface area contributed by atoms with Crippen LogP contribution in [0.4, 0.5) is 0 Å². The summed E-state index contributed by atoms with van der Waals surface area (Å²) < 4.78 is 0. The summed E-state index contributed by atoms with van der Waals surface area (Å²) >= 11 is 0. The summed E-state index contributed by atoms with van der Waals surface area (Å²) in [6, 6.07) is 3.15. The Kier molecular flexibility index (Phi) is 5.09. The van der Waals surface area contributed by atoms with Crippen molar-refractivity contribution < 1.29 is 0 Å². The van der Waals surface area contributed by atoms with Crippen LogP contribution in [-0.4, -0.2) is 33.7 Å². The smallest absolute Gasteiger partial charge is 0.0367 e. The van der Waals surface area contributed by atoms with Crippen molar-refractivity contribution in [3.63, 3.8) is 0 Å². The first kappa shape index (κ1) is 10.9. The lowest BCUT2D eigenvalue weighted by Crippen LogP contribution is -2.49. The molecule has 0 aromatic carbocycles. The molecule has 0 saturated carbocycles. The molecule has 0 rings (SSSR count). The summed E-state index contributed by atoms with van der Waals surface area (Å²) in [5.41, 5.74) is 0. The summed E-state index contributed by atoms with van der Waals surface area (Å²) in [4.78, 5) is 0. The zero-order valence-electron chi connectivity index (χ0n) is 8.20. The number of rotatable bonds is 4. The van der Waals surface area contributed by atoms with E-state index >= 15 is 0 Å². The van der Waals surface area contributed by atoms with E-state index in [1.54, 1.807) is 21.8 Å². The van der Waals surface area contributed by atoms with E-state index in [2.05, 4.69) is 26.9 Å². The minimum Gasteiger partial charge on any atom is -0.0763 e. The van der Waals surface area contributed by atoms with Crippen LogP contribution in [0.3, 0.4) is 0 Å². The minimum atomic E-state index is -0.565. The summed E-state index contributed by atoms with van der Waals surface area (Å²) in [6.07, 6.45) is 0. The molecule has 0 saturated heterocycles. The molecular formula is C6H22Si4. The van der Waals surface area contributed by atoms with Crippen molar-refractivity contribution in [1.29, 1.82) is 0 Å². The lowest BCUT2D eigenvalue weighted by molar-refractivity contribution is 1.29. The molecule has 62 valence electrons. The third-order valence-electron chi connectivity index (χ3n) is 3.42. The van der Waals surface area contributed by atoms with E-state index in [9.17, 15) is 0 Å². The lowest BCUT2D eigenvalue weighted by atomic mass is 10.9. The Morgan fingerprint density at radius 3 is 1.90 bits per heavy atom. The van der Waals surface area contributed by atoms with Gasteiger partial charge in [-0.15, -0.1) is 0 Å². The molecule has 0 radical (unpaired) electrons. The predicted molar refractivity (Wildman–Crippen MR) is 64.1 cm³/mol. The quantitative estimate of drug-likeness (QED) is 0.568. The highest BCUT2D eigenvalue weighted by atomic mass is 29.8. The monoisotopic (exact) mass is 206 g/mol. The molecule has 0 aliphatic carbocycles. The SMILES string of the molecule is CC[Si](C)(CC)[SiH](C)[SiH2][SiH3]. The summed E-state index contributed by atoms with van der Waals surface area (Å²) in [7, 11) is 1.51. The Morgan fingerprint density at radius 1 is 1.40 bits per heavy atom. The van der Waals surface area contributed by atoms with Crippen molar-refractivity contribution in [2.24, 2.45) is 0 Å². The minimum absolute atomic E-state index is 0.0718. The number of hydrogen-bond acceptors (Lipinski definition) is 0. The lowest BCUT2D eigenvalue weighted by Gasteiger charge is -2.29. The van der Waals surface area contributed by atoms with E-state index < -0.39 is 7.59 Å². The summed E-state index contributed by atoms with van der Waals surface area (Å²) in [6.45, 7) is 10.2. The molecule has 0 aliphatic heterocycles. The molecule has 0 nitrogen and oxygen atoms in total. The molecule has 1 atom stereocenters. The van der Waals surface area contributed by atoms with Gasteiger partial charge in [0.2, 0.25) is 0 Å². The molecule has 0 aromatic heterocycles. The van der Waals surface area contributed by atoms with Gasteiger partial charge in [-0.05, 0) is 18.3 Å². The molecule has 4 heteroatoms. The fraction of sp³-hybridized carbons (Fsp3) is 1.00. The molecule has 0 fully saturated rings. The zero-order valence-corrected chi connectivity index (χ0v) is 13.8. The maximum absolute atomic E-state index is 2.67. The molecule has 0 aromatic rings. The van der Waals surface area contributed by atoms with Crippen LogP contribution in [0.2, 0.25) is 25.2 Å². The Labute approximate surface area is 73.0 Å². The van der Waals surface area contributed by atoms with Crippen molar-refractivity contribution in [2.75, 3.05) is 0 Å². The van der Waals surface area contributed by atoms with E-state index in [1.165, 1.54) is 0 Å². The van der Waals surface area contributed by atoms with Gasteiger partial charge >= 0.3 is 0 Å². The fourth-order valence-corrected chi connectivity index (χ4v) is 52.1. The van der Waals surface area contributed by atoms with Gasteiger partial charge in [0.05, 0.1) is 0 Å². The van der Waals surface area contributed by atoms with E-state index in [0.29, 0.717) is 8.55 Å². The van der Waals surface area contributed by atoms with Crippen molar-refractivity contribution >= 4 is 33.7 Å². The fourth-order valence-electron chi connectivity index (χ4n) is 1.44. The normalized spacial score (nSPS) is 16.8. The number of hydrogen-bond donors (Lipinski definition) is 0. The maximum atomic E-state index is 2.67. The van der Waals surface area contributed by atoms with Gasteiger partial charge in [-0.3, -0.25) is 0 Å². The van der Waals surface area contributed by atoms with E-state index in [1.807, 2.05) is 0 Å². The molecule has 10 heavy (non-hydrogen) atoms. The van der Waals surface area contributed by atoms with Gasteiger partial charge in [0, 0.05) is 15.4 Å². The van der Waals surface area contributed by atoms with Crippen LogP contribution in [0.5, 0.6) is 0 Å². The average Bonchev–Trinajstić information content (AvgIpc) is 2.01. The van der Waals surface area contributed by atoms with Gasteiger partial charge in [-0.1, -0.05) is 39.0 Å². The van der Waals surface area contributed by atoms with Crippen LogP contribution in [0, 0.1) is 0 Å². The van der Waals surface area contributed by atoms with E-state index in [-0.39, 0.29) is 7.83 Å². The highest BCUT2D eigenvalue weighted by molar-refractivity contribution is 7.58. The van der Waals surface area contributed by atoms with Gasteiger partial charge < -0.3 is 0 Å². The molecule has 1 unspecified atom stereocenters. The van der Waals surface area contributed by atoms with Crippen molar-refractivity contribution in [2.45, 2.75) is 39.0 Å². The van der Waals surface area contributed by atoms with Gasteiger partial charge in [0.1, 0.15) is 0 Å². The Bertz CT molecular complexity index is 89.7. The third kappa shape index (κ3) is 2.48. The highest BCUT2D eigenvalue weighted by Crippen LogP contribution is 2.16. The van der Waals surface area contributed by atoms with Gasteiger partial charge in [0.15, 0.2) is 0 Å². The first-order chi connectivity index (χ1) is 4.60. The second-order valence-electron chi connectivity index (χ2n) is 3.67. The van der Waals surface area contributed by atoms with Crippen LogP contribution >= 0.6 is 0 Å². The first-order valence-corrected chi connectivity index (χ1v) is 19.4. The Morgan fingerprint density at radius 2 is 1.80 bits per heavy atom. The standard InChI is InChI=1S/C6H22Si4/c1-5-10(4,6-2)9(3)8-7/h9H,5-6,8H2,1-4,7H3. The third-order valence-corrected chi connectivity index (χ3v) is 54.4. The van der Waals surface area contributed by atoms with Crippen LogP contribution < -0.4 is 0 Å². The van der Waals surface area contributed by atoms with Gasteiger partial charge in [-0.25, -0.2) is 0 Å². The molecule has 0 N–H and O–H groups in total. The van der Waals surface area contributed by atoms with Crippen LogP contribution in [-0.2, 0) is 0 Å². The predicted octanol–water partition coefficient (Wildman–Crippen LogP) is -0.0140. The maximum Gasteiger partial charge on any atom is 0.0367 e. The van der Waals surface area contributed by atoms with Crippen molar-refractivity contribution in [1.82, 2.24) is 0 Å².